The summed E-state index contributed by atoms with van der Waals surface area (Å²) in [5.41, 5.74) is 1.00. The first-order valence-corrected chi connectivity index (χ1v) is 5.19. The van der Waals surface area contributed by atoms with Gasteiger partial charge in [0.2, 0.25) is 0 Å². The Bertz CT molecular complexity index is 405. The summed E-state index contributed by atoms with van der Waals surface area (Å²) >= 11 is 0. The number of hydrogen-bond acceptors (Lipinski definition) is 1. The summed E-state index contributed by atoms with van der Waals surface area (Å²) in [7, 11) is 1.40. The van der Waals surface area contributed by atoms with Gasteiger partial charge in [-0.3, -0.25) is 0 Å². The molecule has 1 fully saturated rings. The SMILES string of the molecule is COc1cc(C(F)(F)F)cc(C2CC2)c1C. The highest BCUT2D eigenvalue weighted by molar-refractivity contribution is 5.46. The van der Waals surface area contributed by atoms with Crippen molar-refractivity contribution in [3.05, 3.63) is 28.8 Å². The fourth-order valence-corrected chi connectivity index (χ4v) is 1.90. The topological polar surface area (TPSA) is 9.23 Å². The molecule has 0 spiro atoms. The van der Waals surface area contributed by atoms with Gasteiger partial charge in [-0.05, 0) is 48.9 Å². The van der Waals surface area contributed by atoms with Crippen LogP contribution in [0.1, 0.15) is 35.4 Å². The number of halogens is 3. The van der Waals surface area contributed by atoms with Crippen molar-refractivity contribution in [1.82, 2.24) is 0 Å². The Balaban J connectivity index is 2.52. The average molecular weight is 230 g/mol. The third-order valence-corrected chi connectivity index (χ3v) is 2.96. The number of methoxy groups -OCH3 is 1. The van der Waals surface area contributed by atoms with Gasteiger partial charge < -0.3 is 4.74 Å². The quantitative estimate of drug-likeness (QED) is 0.748. The summed E-state index contributed by atoms with van der Waals surface area (Å²) in [6, 6.07) is 2.33. The van der Waals surface area contributed by atoms with Crippen molar-refractivity contribution >= 4 is 0 Å². The number of hydrogen-bond donors (Lipinski definition) is 0. The summed E-state index contributed by atoms with van der Waals surface area (Å²) in [6.07, 6.45) is -2.35. The second kappa shape index (κ2) is 3.68. The van der Waals surface area contributed by atoms with Gasteiger partial charge >= 0.3 is 6.18 Å². The van der Waals surface area contributed by atoms with E-state index in [4.69, 9.17) is 4.74 Å². The molecular weight excluding hydrogens is 217 g/mol. The van der Waals surface area contributed by atoms with E-state index in [-0.39, 0.29) is 5.92 Å². The van der Waals surface area contributed by atoms with Crippen LogP contribution in [0.5, 0.6) is 5.75 Å². The monoisotopic (exact) mass is 230 g/mol. The lowest BCUT2D eigenvalue weighted by molar-refractivity contribution is -0.137. The molecule has 16 heavy (non-hydrogen) atoms. The average Bonchev–Trinajstić information content (AvgIpc) is 3.00. The second-order valence-electron chi connectivity index (χ2n) is 4.16. The van der Waals surface area contributed by atoms with Crippen molar-refractivity contribution in [1.29, 1.82) is 0 Å². The summed E-state index contributed by atoms with van der Waals surface area (Å²) in [6.45, 7) is 1.81. The maximum absolute atomic E-state index is 12.6. The maximum Gasteiger partial charge on any atom is 0.416 e. The van der Waals surface area contributed by atoms with Crippen molar-refractivity contribution in [3.8, 4) is 5.75 Å². The fraction of sp³-hybridized carbons (Fsp3) is 0.500. The van der Waals surface area contributed by atoms with Crippen LogP contribution in [0.2, 0.25) is 0 Å². The first kappa shape index (κ1) is 11.3. The van der Waals surface area contributed by atoms with E-state index in [1.807, 2.05) is 6.92 Å². The van der Waals surface area contributed by atoms with E-state index < -0.39 is 11.7 Å². The molecule has 1 saturated carbocycles. The Labute approximate surface area is 92.2 Å². The van der Waals surface area contributed by atoms with E-state index >= 15 is 0 Å². The molecule has 1 nitrogen and oxygen atoms in total. The van der Waals surface area contributed by atoms with E-state index in [2.05, 4.69) is 0 Å². The lowest BCUT2D eigenvalue weighted by Gasteiger charge is -2.14. The fourth-order valence-electron chi connectivity index (χ4n) is 1.90. The molecular formula is C12H13F3O. The molecule has 0 radical (unpaired) electrons. The lowest BCUT2D eigenvalue weighted by Crippen LogP contribution is -2.07. The Morgan fingerprint density at radius 3 is 2.31 bits per heavy atom. The number of benzene rings is 1. The van der Waals surface area contributed by atoms with Gasteiger partial charge in [0.05, 0.1) is 12.7 Å². The minimum absolute atomic E-state index is 0.288. The molecule has 0 unspecified atom stereocenters. The smallest absolute Gasteiger partial charge is 0.416 e. The van der Waals surface area contributed by atoms with Crippen molar-refractivity contribution in [2.75, 3.05) is 7.11 Å². The molecule has 4 heteroatoms. The van der Waals surface area contributed by atoms with Crippen molar-refractivity contribution in [2.45, 2.75) is 31.9 Å². The molecule has 0 N–H and O–H groups in total. The standard InChI is InChI=1S/C12H13F3O/c1-7-10(8-3-4-8)5-9(12(13,14)15)6-11(7)16-2/h5-6,8H,3-4H2,1-2H3. The highest BCUT2D eigenvalue weighted by Crippen LogP contribution is 2.45. The van der Waals surface area contributed by atoms with Crippen LogP contribution in [0.3, 0.4) is 0 Å². The number of alkyl halides is 3. The number of rotatable bonds is 2. The predicted molar refractivity (Wildman–Crippen MR) is 54.7 cm³/mol. The third-order valence-electron chi connectivity index (χ3n) is 2.96. The summed E-state index contributed by atoms with van der Waals surface area (Å²) in [5, 5.41) is 0. The van der Waals surface area contributed by atoms with Gasteiger partial charge in [-0.2, -0.15) is 13.2 Å². The Hall–Kier alpha value is -1.19. The van der Waals surface area contributed by atoms with E-state index in [0.29, 0.717) is 5.75 Å². The van der Waals surface area contributed by atoms with Gasteiger partial charge in [0.1, 0.15) is 5.75 Å². The summed E-state index contributed by atoms with van der Waals surface area (Å²) in [5.74, 6) is 0.618. The van der Waals surface area contributed by atoms with Crippen LogP contribution in [0.25, 0.3) is 0 Å². The Kier molecular flexibility index (Phi) is 2.60. The molecule has 1 aromatic carbocycles. The van der Waals surface area contributed by atoms with Gasteiger partial charge in [-0.1, -0.05) is 0 Å². The Morgan fingerprint density at radius 1 is 1.25 bits per heavy atom. The third kappa shape index (κ3) is 2.01. The highest BCUT2D eigenvalue weighted by Gasteiger charge is 2.34. The first-order chi connectivity index (χ1) is 7.43. The first-order valence-electron chi connectivity index (χ1n) is 5.19. The van der Waals surface area contributed by atoms with Gasteiger partial charge in [0, 0.05) is 0 Å². The summed E-state index contributed by atoms with van der Waals surface area (Å²) in [4.78, 5) is 0. The zero-order valence-corrected chi connectivity index (χ0v) is 9.19. The van der Waals surface area contributed by atoms with E-state index in [1.165, 1.54) is 13.2 Å². The van der Waals surface area contributed by atoms with Crippen LogP contribution in [0.15, 0.2) is 12.1 Å². The summed E-state index contributed by atoms with van der Waals surface area (Å²) < 4.78 is 42.9. The van der Waals surface area contributed by atoms with Crippen LogP contribution in [-0.2, 0) is 6.18 Å². The van der Waals surface area contributed by atoms with E-state index in [9.17, 15) is 13.2 Å². The molecule has 1 aliphatic carbocycles. The van der Waals surface area contributed by atoms with Gasteiger partial charge in [-0.15, -0.1) is 0 Å². The predicted octanol–water partition coefficient (Wildman–Crippen LogP) is 3.90. The van der Waals surface area contributed by atoms with Crippen molar-refractivity contribution in [3.63, 3.8) is 0 Å². The molecule has 1 aliphatic rings. The minimum atomic E-state index is -4.30. The molecule has 2 rings (SSSR count). The van der Waals surface area contributed by atoms with Gasteiger partial charge in [0.25, 0.3) is 0 Å². The second-order valence-corrected chi connectivity index (χ2v) is 4.16. The molecule has 0 heterocycles. The zero-order valence-electron chi connectivity index (χ0n) is 9.19. The molecule has 0 amide bonds. The maximum atomic E-state index is 12.6. The van der Waals surface area contributed by atoms with Crippen molar-refractivity contribution in [2.24, 2.45) is 0 Å². The molecule has 88 valence electrons. The molecule has 0 aliphatic heterocycles. The van der Waals surface area contributed by atoms with Crippen LogP contribution in [0, 0.1) is 6.92 Å². The normalized spacial score (nSPS) is 16.3. The van der Waals surface area contributed by atoms with Crippen LogP contribution in [0.4, 0.5) is 13.2 Å². The van der Waals surface area contributed by atoms with Crippen LogP contribution >= 0.6 is 0 Å². The van der Waals surface area contributed by atoms with Crippen LogP contribution < -0.4 is 4.74 Å². The molecule has 1 aromatic rings. The zero-order chi connectivity index (χ0) is 11.9. The molecule has 0 saturated heterocycles. The highest BCUT2D eigenvalue weighted by atomic mass is 19.4. The lowest BCUT2D eigenvalue weighted by atomic mass is 10.00. The molecule has 0 atom stereocenters. The van der Waals surface area contributed by atoms with Gasteiger partial charge in [0.15, 0.2) is 0 Å². The van der Waals surface area contributed by atoms with E-state index in [0.717, 1.165) is 30.0 Å². The molecule has 0 bridgehead atoms. The number of ether oxygens (including phenoxy) is 1. The van der Waals surface area contributed by atoms with E-state index in [1.54, 1.807) is 0 Å². The Morgan fingerprint density at radius 2 is 1.88 bits per heavy atom. The van der Waals surface area contributed by atoms with Gasteiger partial charge in [-0.25, -0.2) is 0 Å². The largest absolute Gasteiger partial charge is 0.496 e. The molecule has 0 aromatic heterocycles. The van der Waals surface area contributed by atoms with Crippen LogP contribution in [-0.4, -0.2) is 7.11 Å². The van der Waals surface area contributed by atoms with Crippen molar-refractivity contribution < 1.29 is 17.9 Å². The minimum Gasteiger partial charge on any atom is -0.496 e.